The van der Waals surface area contributed by atoms with Crippen LogP contribution in [0.5, 0.6) is 0 Å². The number of para-hydroxylation sites is 1. The maximum Gasteiger partial charge on any atom is 0.289 e. The molecule has 0 spiro atoms. The van der Waals surface area contributed by atoms with Crippen molar-refractivity contribution in [2.45, 2.75) is 70.0 Å². The van der Waals surface area contributed by atoms with Crippen LogP contribution >= 0.6 is 0 Å². The minimum Gasteiger partial charge on any atom is -0.356 e. The standard InChI is InChI=1S/C35H41N5O5/c41-31(34(44)37-20-22-9-3-1-4-10-22)28(18-25-15-16-36-32(25)42)39-33(43)30-19-26(23-11-5-2-6-12-23)21-40(30)35(45)29-17-24-13-7-8-14-27(24)38-29/h1,3-4,7-10,13-14,17,23,25-26,28,30,38H,2,5-6,11-12,15-16,18-21H2,(H,36,42)(H,37,44)(H,39,43). The Hall–Kier alpha value is -4.47. The highest BCUT2D eigenvalue weighted by molar-refractivity contribution is 6.38. The molecule has 236 valence electrons. The first-order valence-corrected chi connectivity index (χ1v) is 16.2. The summed E-state index contributed by atoms with van der Waals surface area (Å²) in [6.45, 7) is 1.10. The molecule has 1 aromatic heterocycles. The van der Waals surface area contributed by atoms with Gasteiger partial charge in [-0.1, -0.05) is 80.6 Å². The quantitative estimate of drug-likeness (QED) is 0.260. The molecule has 1 saturated carbocycles. The molecule has 0 bridgehead atoms. The van der Waals surface area contributed by atoms with Crippen LogP contribution in [0.15, 0.2) is 60.7 Å². The number of likely N-dealkylation sites (tertiary alicyclic amines) is 1. The Morgan fingerprint density at radius 3 is 2.40 bits per heavy atom. The number of benzene rings is 2. The molecule has 4 unspecified atom stereocenters. The lowest BCUT2D eigenvalue weighted by Gasteiger charge is -2.27. The van der Waals surface area contributed by atoms with Crippen LogP contribution in [0.4, 0.5) is 0 Å². The number of aromatic amines is 1. The Labute approximate surface area is 262 Å². The zero-order valence-corrected chi connectivity index (χ0v) is 25.4. The number of Topliss-reactive ketones (excluding diaryl/α,β-unsaturated/α-hetero) is 1. The fourth-order valence-corrected chi connectivity index (χ4v) is 7.31. The van der Waals surface area contributed by atoms with Crippen LogP contribution in [-0.2, 0) is 25.7 Å². The van der Waals surface area contributed by atoms with Gasteiger partial charge in [-0.15, -0.1) is 0 Å². The van der Waals surface area contributed by atoms with Crippen molar-refractivity contribution in [3.63, 3.8) is 0 Å². The molecule has 45 heavy (non-hydrogen) atoms. The zero-order chi connectivity index (χ0) is 31.3. The van der Waals surface area contributed by atoms with E-state index in [4.69, 9.17) is 0 Å². The molecule has 0 radical (unpaired) electrons. The second-order valence-electron chi connectivity index (χ2n) is 12.7. The van der Waals surface area contributed by atoms with E-state index in [0.717, 1.165) is 42.1 Å². The molecule has 2 saturated heterocycles. The number of fused-ring (bicyclic) bond motifs is 1. The van der Waals surface area contributed by atoms with Gasteiger partial charge in [0.2, 0.25) is 17.6 Å². The van der Waals surface area contributed by atoms with Crippen molar-refractivity contribution in [1.29, 1.82) is 0 Å². The van der Waals surface area contributed by atoms with E-state index in [-0.39, 0.29) is 30.7 Å². The number of rotatable bonds is 10. The maximum atomic E-state index is 14.1. The molecule has 1 aliphatic carbocycles. The molecular formula is C35H41N5O5. The van der Waals surface area contributed by atoms with Crippen LogP contribution in [0.3, 0.4) is 0 Å². The van der Waals surface area contributed by atoms with Crippen molar-refractivity contribution in [3.8, 4) is 0 Å². The number of carbonyl (C=O) groups is 5. The van der Waals surface area contributed by atoms with E-state index >= 15 is 0 Å². The molecule has 4 atom stereocenters. The van der Waals surface area contributed by atoms with E-state index in [9.17, 15) is 24.0 Å². The van der Waals surface area contributed by atoms with Gasteiger partial charge in [0.1, 0.15) is 11.7 Å². The van der Waals surface area contributed by atoms with Gasteiger partial charge in [-0.3, -0.25) is 24.0 Å². The summed E-state index contributed by atoms with van der Waals surface area (Å²) in [5.41, 5.74) is 2.08. The maximum absolute atomic E-state index is 14.1. The Morgan fingerprint density at radius 2 is 1.67 bits per heavy atom. The summed E-state index contributed by atoms with van der Waals surface area (Å²) in [4.78, 5) is 71.9. The molecule has 3 heterocycles. The predicted molar refractivity (Wildman–Crippen MR) is 169 cm³/mol. The summed E-state index contributed by atoms with van der Waals surface area (Å²) in [5.74, 6) is -2.44. The molecule has 10 nitrogen and oxygen atoms in total. The smallest absolute Gasteiger partial charge is 0.289 e. The minimum absolute atomic E-state index is 0.0178. The van der Waals surface area contributed by atoms with Crippen LogP contribution in [0.1, 0.15) is 67.4 Å². The molecule has 6 rings (SSSR count). The lowest BCUT2D eigenvalue weighted by atomic mass is 9.79. The van der Waals surface area contributed by atoms with Gasteiger partial charge in [0, 0.05) is 36.5 Å². The normalized spacial score (nSPS) is 22.6. The SMILES string of the molecule is O=C(NCc1ccccc1)C(=O)C(CC1CCNC1=O)NC(=O)C1CC(C2CCCCC2)CN1C(=O)c1cc2ccccc2[nH]1. The number of hydrogen-bond acceptors (Lipinski definition) is 5. The van der Waals surface area contributed by atoms with Gasteiger partial charge in [-0.25, -0.2) is 0 Å². The van der Waals surface area contributed by atoms with E-state index in [1.54, 1.807) is 4.90 Å². The summed E-state index contributed by atoms with van der Waals surface area (Å²) < 4.78 is 0. The van der Waals surface area contributed by atoms with Gasteiger partial charge in [0.05, 0.1) is 6.04 Å². The van der Waals surface area contributed by atoms with E-state index in [1.807, 2.05) is 60.7 Å². The van der Waals surface area contributed by atoms with Gasteiger partial charge in [-0.2, -0.15) is 0 Å². The molecule has 3 fully saturated rings. The molecular weight excluding hydrogens is 570 g/mol. The second kappa shape index (κ2) is 13.7. The number of nitrogens with zero attached hydrogens (tertiary/aromatic N) is 1. The first-order valence-electron chi connectivity index (χ1n) is 16.2. The number of H-pyrrole nitrogens is 1. The molecule has 4 N–H and O–H groups in total. The van der Waals surface area contributed by atoms with E-state index in [1.165, 1.54) is 6.42 Å². The molecule has 2 aromatic carbocycles. The third kappa shape index (κ3) is 6.95. The molecule has 4 amide bonds. The first kappa shape index (κ1) is 30.6. The van der Waals surface area contributed by atoms with Gasteiger partial charge in [-0.05, 0) is 48.8 Å². The van der Waals surface area contributed by atoms with Crippen LogP contribution in [-0.4, -0.2) is 64.5 Å². The van der Waals surface area contributed by atoms with E-state index in [2.05, 4.69) is 20.9 Å². The van der Waals surface area contributed by atoms with Crippen molar-refractivity contribution in [3.05, 3.63) is 71.9 Å². The topological polar surface area (TPSA) is 140 Å². The largest absolute Gasteiger partial charge is 0.356 e. The van der Waals surface area contributed by atoms with Crippen molar-refractivity contribution in [2.24, 2.45) is 17.8 Å². The van der Waals surface area contributed by atoms with E-state index < -0.39 is 35.6 Å². The highest BCUT2D eigenvalue weighted by Crippen LogP contribution is 2.38. The first-order chi connectivity index (χ1) is 21.9. The minimum atomic E-state index is -1.19. The van der Waals surface area contributed by atoms with Crippen LogP contribution in [0.25, 0.3) is 10.9 Å². The zero-order valence-electron chi connectivity index (χ0n) is 25.4. The Balaban J connectivity index is 1.22. The number of ketones is 1. The van der Waals surface area contributed by atoms with Gasteiger partial charge < -0.3 is 25.8 Å². The average molecular weight is 612 g/mol. The third-order valence-electron chi connectivity index (χ3n) is 9.81. The van der Waals surface area contributed by atoms with Crippen LogP contribution in [0, 0.1) is 17.8 Å². The molecule has 3 aromatic rings. The predicted octanol–water partition coefficient (Wildman–Crippen LogP) is 3.48. The summed E-state index contributed by atoms with van der Waals surface area (Å²) in [7, 11) is 0. The summed E-state index contributed by atoms with van der Waals surface area (Å²) >= 11 is 0. The lowest BCUT2D eigenvalue weighted by molar-refractivity contribution is -0.141. The Bertz CT molecular complexity index is 1530. The van der Waals surface area contributed by atoms with Crippen molar-refractivity contribution >= 4 is 40.3 Å². The monoisotopic (exact) mass is 611 g/mol. The van der Waals surface area contributed by atoms with Gasteiger partial charge >= 0.3 is 0 Å². The number of aromatic nitrogens is 1. The van der Waals surface area contributed by atoms with Crippen molar-refractivity contribution in [2.75, 3.05) is 13.1 Å². The summed E-state index contributed by atoms with van der Waals surface area (Å²) in [6, 6.07) is 16.7. The highest BCUT2D eigenvalue weighted by Gasteiger charge is 2.44. The Morgan fingerprint density at radius 1 is 0.911 bits per heavy atom. The summed E-state index contributed by atoms with van der Waals surface area (Å²) in [5, 5.41) is 9.18. The van der Waals surface area contributed by atoms with Gasteiger partial charge in [0.15, 0.2) is 0 Å². The summed E-state index contributed by atoms with van der Waals surface area (Å²) in [6.07, 6.45) is 6.67. The number of hydrogen-bond donors (Lipinski definition) is 4. The van der Waals surface area contributed by atoms with E-state index in [0.29, 0.717) is 37.5 Å². The second-order valence-corrected chi connectivity index (χ2v) is 12.7. The molecule has 10 heteroatoms. The van der Waals surface area contributed by atoms with Gasteiger partial charge in [0.25, 0.3) is 11.8 Å². The number of amides is 4. The molecule has 2 aliphatic heterocycles. The third-order valence-corrected chi connectivity index (χ3v) is 9.81. The highest BCUT2D eigenvalue weighted by atomic mass is 16.2. The average Bonchev–Trinajstić information content (AvgIpc) is 3.82. The van der Waals surface area contributed by atoms with Crippen molar-refractivity contribution in [1.82, 2.24) is 25.8 Å². The molecule has 3 aliphatic rings. The Kier molecular flexibility index (Phi) is 9.28. The fourth-order valence-electron chi connectivity index (χ4n) is 7.31. The fraction of sp³-hybridized carbons (Fsp3) is 0.457. The lowest BCUT2D eigenvalue weighted by Crippen LogP contribution is -2.54. The number of carbonyl (C=O) groups excluding carboxylic acids is 5. The van der Waals surface area contributed by atoms with Crippen molar-refractivity contribution < 1.29 is 24.0 Å². The van der Waals surface area contributed by atoms with Crippen LogP contribution in [0.2, 0.25) is 0 Å². The van der Waals surface area contributed by atoms with Crippen LogP contribution < -0.4 is 16.0 Å². The number of nitrogens with one attached hydrogen (secondary N) is 4.